The number of nitro benzene ring substituents is 1. The van der Waals surface area contributed by atoms with Gasteiger partial charge in [0.05, 0.1) is 23.6 Å². The average molecular weight is 413 g/mol. The number of rotatable bonds is 6. The Morgan fingerprint density at radius 3 is 2.83 bits per heavy atom. The molecule has 0 bridgehead atoms. The van der Waals surface area contributed by atoms with E-state index >= 15 is 0 Å². The van der Waals surface area contributed by atoms with E-state index < -0.39 is 16.7 Å². The van der Waals surface area contributed by atoms with Gasteiger partial charge < -0.3 is 24.4 Å². The van der Waals surface area contributed by atoms with Gasteiger partial charge in [-0.05, 0) is 23.8 Å². The minimum Gasteiger partial charge on any atom is -0.495 e. The third-order valence-electron chi connectivity index (χ3n) is 5.05. The number of methoxy groups -OCH3 is 1. The van der Waals surface area contributed by atoms with Crippen molar-refractivity contribution in [2.45, 2.75) is 13.0 Å². The standard InChI is InChI=1S/C20H19N3O7/c1-28-16-5-3-14(23(26)27)8-15(16)21-20(25)13-7-19(24)22(10-13)9-12-2-4-17-18(6-12)30-11-29-17/h2-6,8,13H,7,9-11H2,1H3,(H,21,25). The van der Waals surface area contributed by atoms with Crippen LogP contribution in [0, 0.1) is 16.0 Å². The molecule has 30 heavy (non-hydrogen) atoms. The zero-order valence-electron chi connectivity index (χ0n) is 16.1. The summed E-state index contributed by atoms with van der Waals surface area (Å²) >= 11 is 0. The molecule has 1 atom stereocenters. The summed E-state index contributed by atoms with van der Waals surface area (Å²) < 4.78 is 15.8. The highest BCUT2D eigenvalue weighted by Crippen LogP contribution is 2.34. The molecule has 0 spiro atoms. The second kappa shape index (κ2) is 7.90. The fourth-order valence-corrected chi connectivity index (χ4v) is 3.50. The Bertz CT molecular complexity index is 1020. The molecule has 0 saturated carbocycles. The number of nitro groups is 1. The fraction of sp³-hybridized carbons (Fsp3) is 0.300. The number of nitrogens with zero attached hydrogens (tertiary/aromatic N) is 2. The molecule has 4 rings (SSSR count). The largest absolute Gasteiger partial charge is 0.495 e. The number of hydrogen-bond acceptors (Lipinski definition) is 7. The number of fused-ring (bicyclic) bond motifs is 1. The SMILES string of the molecule is COc1ccc([N+](=O)[O-])cc1NC(=O)C1CC(=O)N(Cc2ccc3c(c2)OCO3)C1. The monoisotopic (exact) mass is 413 g/mol. The summed E-state index contributed by atoms with van der Waals surface area (Å²) in [4.78, 5) is 37.2. The van der Waals surface area contributed by atoms with Gasteiger partial charge in [-0.3, -0.25) is 19.7 Å². The fourth-order valence-electron chi connectivity index (χ4n) is 3.50. The summed E-state index contributed by atoms with van der Waals surface area (Å²) in [5, 5.41) is 13.7. The van der Waals surface area contributed by atoms with Crippen LogP contribution in [0.4, 0.5) is 11.4 Å². The van der Waals surface area contributed by atoms with Crippen molar-refractivity contribution < 1.29 is 28.7 Å². The van der Waals surface area contributed by atoms with Crippen molar-refractivity contribution in [2.24, 2.45) is 5.92 Å². The zero-order chi connectivity index (χ0) is 21.3. The van der Waals surface area contributed by atoms with Crippen molar-refractivity contribution in [3.05, 3.63) is 52.1 Å². The van der Waals surface area contributed by atoms with Gasteiger partial charge in [-0.2, -0.15) is 0 Å². The molecule has 1 fully saturated rings. The number of benzene rings is 2. The maximum Gasteiger partial charge on any atom is 0.271 e. The van der Waals surface area contributed by atoms with Gasteiger partial charge >= 0.3 is 0 Å². The second-order valence-electron chi connectivity index (χ2n) is 6.99. The zero-order valence-corrected chi connectivity index (χ0v) is 16.1. The number of hydrogen-bond donors (Lipinski definition) is 1. The van der Waals surface area contributed by atoms with Gasteiger partial charge in [-0.15, -0.1) is 0 Å². The lowest BCUT2D eigenvalue weighted by Crippen LogP contribution is -2.28. The number of amides is 2. The van der Waals surface area contributed by atoms with E-state index in [1.54, 1.807) is 11.0 Å². The lowest BCUT2D eigenvalue weighted by molar-refractivity contribution is -0.384. The highest BCUT2D eigenvalue weighted by molar-refractivity contribution is 5.98. The molecule has 10 heteroatoms. The molecule has 1 N–H and O–H groups in total. The van der Waals surface area contributed by atoms with Crippen LogP contribution >= 0.6 is 0 Å². The quantitative estimate of drug-likeness (QED) is 0.570. The molecule has 2 aliphatic rings. The highest BCUT2D eigenvalue weighted by Gasteiger charge is 2.35. The summed E-state index contributed by atoms with van der Waals surface area (Å²) in [5.41, 5.74) is 0.894. The van der Waals surface area contributed by atoms with Crippen LogP contribution in [0.2, 0.25) is 0 Å². The third-order valence-corrected chi connectivity index (χ3v) is 5.05. The summed E-state index contributed by atoms with van der Waals surface area (Å²) in [6.45, 7) is 0.764. The molecular weight excluding hydrogens is 394 g/mol. The molecule has 2 heterocycles. The maximum atomic E-state index is 12.7. The van der Waals surface area contributed by atoms with Gasteiger partial charge in [0.15, 0.2) is 11.5 Å². The van der Waals surface area contributed by atoms with Crippen LogP contribution in [-0.2, 0) is 16.1 Å². The molecule has 2 aliphatic heterocycles. The van der Waals surface area contributed by atoms with Gasteiger partial charge in [-0.25, -0.2) is 0 Å². The van der Waals surface area contributed by atoms with Gasteiger partial charge in [-0.1, -0.05) is 6.07 Å². The molecular formula is C20H19N3O7. The van der Waals surface area contributed by atoms with E-state index in [2.05, 4.69) is 5.32 Å². The molecule has 1 saturated heterocycles. The lowest BCUT2D eigenvalue weighted by Gasteiger charge is -2.17. The number of anilines is 1. The number of ether oxygens (including phenoxy) is 3. The van der Waals surface area contributed by atoms with E-state index in [1.807, 2.05) is 12.1 Å². The molecule has 0 aliphatic carbocycles. The number of non-ortho nitro benzene ring substituents is 1. The molecule has 2 amide bonds. The van der Waals surface area contributed by atoms with Crippen molar-refractivity contribution in [1.29, 1.82) is 0 Å². The minimum absolute atomic E-state index is 0.0631. The Balaban J connectivity index is 1.43. The smallest absolute Gasteiger partial charge is 0.271 e. The van der Waals surface area contributed by atoms with E-state index in [-0.39, 0.29) is 37.0 Å². The highest BCUT2D eigenvalue weighted by atomic mass is 16.7. The lowest BCUT2D eigenvalue weighted by atomic mass is 10.1. The Hall–Kier alpha value is -3.82. The van der Waals surface area contributed by atoms with Crippen LogP contribution in [0.1, 0.15) is 12.0 Å². The van der Waals surface area contributed by atoms with Gasteiger partial charge in [0.2, 0.25) is 18.6 Å². The van der Waals surface area contributed by atoms with Crippen LogP contribution < -0.4 is 19.5 Å². The van der Waals surface area contributed by atoms with E-state index in [0.29, 0.717) is 23.8 Å². The first-order chi connectivity index (χ1) is 14.4. The maximum absolute atomic E-state index is 12.7. The van der Waals surface area contributed by atoms with Gasteiger partial charge in [0.1, 0.15) is 5.75 Å². The Morgan fingerprint density at radius 1 is 1.27 bits per heavy atom. The first-order valence-electron chi connectivity index (χ1n) is 9.24. The minimum atomic E-state index is -0.574. The van der Waals surface area contributed by atoms with Crippen molar-refractivity contribution in [3.8, 4) is 17.2 Å². The van der Waals surface area contributed by atoms with Crippen LogP contribution in [0.25, 0.3) is 0 Å². The summed E-state index contributed by atoms with van der Waals surface area (Å²) in [6.07, 6.45) is 0.0631. The molecule has 0 aromatic heterocycles. The van der Waals surface area contributed by atoms with Crippen molar-refractivity contribution in [3.63, 3.8) is 0 Å². The number of nitrogens with one attached hydrogen (secondary N) is 1. The molecule has 0 radical (unpaired) electrons. The van der Waals surface area contributed by atoms with Crippen molar-refractivity contribution in [2.75, 3.05) is 25.8 Å². The Labute approximate surface area is 171 Å². The van der Waals surface area contributed by atoms with Crippen LogP contribution in [0.15, 0.2) is 36.4 Å². The molecule has 2 aromatic rings. The number of carbonyl (C=O) groups excluding carboxylic acids is 2. The Morgan fingerprint density at radius 2 is 2.07 bits per heavy atom. The topological polar surface area (TPSA) is 120 Å². The summed E-state index contributed by atoms with van der Waals surface area (Å²) in [6, 6.07) is 9.40. The predicted molar refractivity (Wildman–Crippen MR) is 104 cm³/mol. The molecule has 156 valence electrons. The third kappa shape index (κ3) is 3.84. The predicted octanol–water partition coefficient (Wildman–Crippen LogP) is 2.32. The van der Waals surface area contributed by atoms with Crippen molar-refractivity contribution >= 4 is 23.2 Å². The summed E-state index contributed by atoms with van der Waals surface area (Å²) in [5.74, 6) is 0.487. The van der Waals surface area contributed by atoms with E-state index in [9.17, 15) is 19.7 Å². The van der Waals surface area contributed by atoms with E-state index in [4.69, 9.17) is 14.2 Å². The first-order valence-corrected chi connectivity index (χ1v) is 9.24. The number of carbonyl (C=O) groups is 2. The molecule has 10 nitrogen and oxygen atoms in total. The average Bonchev–Trinajstić information content (AvgIpc) is 3.34. The first kappa shape index (κ1) is 19.5. The number of likely N-dealkylation sites (tertiary alicyclic amines) is 1. The normalized spacial score (nSPS) is 17.2. The molecule has 1 unspecified atom stereocenters. The molecule has 2 aromatic carbocycles. The summed E-state index contributed by atoms with van der Waals surface area (Å²) in [7, 11) is 1.41. The van der Waals surface area contributed by atoms with E-state index in [1.165, 1.54) is 25.3 Å². The van der Waals surface area contributed by atoms with Crippen LogP contribution in [-0.4, -0.2) is 42.1 Å². The Kier molecular flexibility index (Phi) is 5.13. The van der Waals surface area contributed by atoms with Gasteiger partial charge in [0, 0.05) is 31.6 Å². The van der Waals surface area contributed by atoms with Gasteiger partial charge in [0.25, 0.3) is 5.69 Å². The van der Waals surface area contributed by atoms with E-state index in [0.717, 1.165) is 5.56 Å². The second-order valence-corrected chi connectivity index (χ2v) is 6.99. The van der Waals surface area contributed by atoms with Crippen LogP contribution in [0.3, 0.4) is 0 Å². The van der Waals surface area contributed by atoms with Crippen LogP contribution in [0.5, 0.6) is 17.2 Å². The van der Waals surface area contributed by atoms with Crippen molar-refractivity contribution in [1.82, 2.24) is 4.90 Å².